The van der Waals surface area contributed by atoms with Crippen molar-refractivity contribution in [2.75, 3.05) is 7.11 Å². The summed E-state index contributed by atoms with van der Waals surface area (Å²) in [4.78, 5) is 4.18. The van der Waals surface area contributed by atoms with Crippen LogP contribution in [0.4, 0.5) is 0 Å². The zero-order valence-electron chi connectivity index (χ0n) is 16.9. The van der Waals surface area contributed by atoms with E-state index in [9.17, 15) is 5.11 Å². The van der Waals surface area contributed by atoms with E-state index in [-0.39, 0.29) is 23.4 Å². The highest BCUT2D eigenvalue weighted by Crippen LogP contribution is 2.37. The number of fused-ring (bicyclic) bond motifs is 2. The lowest BCUT2D eigenvalue weighted by Crippen LogP contribution is -2.50. The molecule has 0 radical (unpaired) electrons. The van der Waals surface area contributed by atoms with Crippen molar-refractivity contribution < 1.29 is 14.6 Å². The molecule has 3 atom stereocenters. The van der Waals surface area contributed by atoms with Crippen LogP contribution in [0.25, 0.3) is 22.6 Å². The topological polar surface area (TPSA) is 118 Å². The number of benzene rings is 1. The molecule has 2 bridgehead atoms. The first kappa shape index (κ1) is 18.8. The standard InChI is InChI=1S/C21H24N6O3/c1-21-8-7-13(23-21)10-14(11-21)30-18-6-5-16(24-25-18)15-4-3-12(9-17(15)28)19-22-20(29-2)27-26-19/h3-6,9,13-14,23,28H,7-8,10-11H2,1-2H3,(H,22,26,27)/t13-,14-,21+/m0/s1. The molecule has 2 aliphatic heterocycles. The Bertz CT molecular complexity index is 1050. The smallest absolute Gasteiger partial charge is 0.335 e. The zero-order chi connectivity index (χ0) is 20.7. The van der Waals surface area contributed by atoms with E-state index in [1.165, 1.54) is 20.0 Å². The zero-order valence-corrected chi connectivity index (χ0v) is 16.9. The van der Waals surface area contributed by atoms with Gasteiger partial charge in [-0.15, -0.1) is 15.3 Å². The van der Waals surface area contributed by atoms with Crippen molar-refractivity contribution in [3.05, 3.63) is 30.3 Å². The SMILES string of the molecule is COc1n[nH]c(-c2ccc(-c3ccc(O[C@H]4C[C@@H]5CC[C@](C)(C4)N5)nn3)c(O)c2)n1. The second kappa shape index (κ2) is 7.24. The summed E-state index contributed by atoms with van der Waals surface area (Å²) in [6.07, 6.45) is 4.51. The Kier molecular flexibility index (Phi) is 4.54. The molecule has 2 fully saturated rings. The molecule has 2 aliphatic rings. The van der Waals surface area contributed by atoms with E-state index < -0.39 is 0 Å². The molecule has 2 saturated heterocycles. The summed E-state index contributed by atoms with van der Waals surface area (Å²) >= 11 is 0. The van der Waals surface area contributed by atoms with Gasteiger partial charge in [0.25, 0.3) is 0 Å². The summed E-state index contributed by atoms with van der Waals surface area (Å²) in [5, 5.41) is 29.4. The van der Waals surface area contributed by atoms with Crippen LogP contribution in [0.3, 0.4) is 0 Å². The number of ether oxygens (including phenoxy) is 2. The molecule has 0 aliphatic carbocycles. The van der Waals surface area contributed by atoms with Crippen molar-refractivity contribution >= 4 is 0 Å². The number of phenols is 1. The van der Waals surface area contributed by atoms with Crippen molar-refractivity contribution in [1.82, 2.24) is 30.7 Å². The van der Waals surface area contributed by atoms with Gasteiger partial charge in [-0.3, -0.25) is 5.10 Å². The number of hydrogen-bond donors (Lipinski definition) is 3. The molecule has 0 amide bonds. The van der Waals surface area contributed by atoms with E-state index in [0.717, 1.165) is 12.8 Å². The number of methoxy groups -OCH3 is 1. The number of phenolic OH excluding ortho intramolecular Hbond substituents is 1. The molecule has 0 unspecified atom stereocenters. The maximum Gasteiger partial charge on any atom is 0.335 e. The summed E-state index contributed by atoms with van der Waals surface area (Å²) in [6.45, 7) is 2.26. The van der Waals surface area contributed by atoms with Gasteiger partial charge in [0.15, 0.2) is 5.82 Å². The maximum absolute atomic E-state index is 10.5. The Hall–Kier alpha value is -3.20. The van der Waals surface area contributed by atoms with Gasteiger partial charge in [-0.25, -0.2) is 0 Å². The molecule has 0 spiro atoms. The number of aromatic hydroxyl groups is 1. The molecule has 0 saturated carbocycles. The summed E-state index contributed by atoms with van der Waals surface area (Å²) in [6, 6.07) is 9.59. The number of aromatic amines is 1. The Morgan fingerprint density at radius 3 is 2.80 bits per heavy atom. The van der Waals surface area contributed by atoms with E-state index in [4.69, 9.17) is 9.47 Å². The Morgan fingerprint density at radius 2 is 2.10 bits per heavy atom. The second-order valence-electron chi connectivity index (χ2n) is 8.28. The third-order valence-electron chi connectivity index (χ3n) is 5.94. The molecule has 3 aromatic rings. The van der Waals surface area contributed by atoms with Crippen LogP contribution >= 0.6 is 0 Å². The Balaban J connectivity index is 1.30. The average Bonchev–Trinajstić information content (AvgIpc) is 3.32. The minimum atomic E-state index is 0.0775. The van der Waals surface area contributed by atoms with Gasteiger partial charge in [0.2, 0.25) is 5.88 Å². The van der Waals surface area contributed by atoms with Gasteiger partial charge in [0, 0.05) is 35.2 Å². The Morgan fingerprint density at radius 1 is 1.20 bits per heavy atom. The highest BCUT2D eigenvalue weighted by atomic mass is 16.5. The van der Waals surface area contributed by atoms with Crippen LogP contribution in [-0.4, -0.2) is 55.3 Å². The fourth-order valence-corrected chi connectivity index (χ4v) is 4.52. The molecule has 2 aromatic heterocycles. The van der Waals surface area contributed by atoms with Crippen molar-refractivity contribution in [1.29, 1.82) is 0 Å². The third kappa shape index (κ3) is 3.56. The van der Waals surface area contributed by atoms with Crippen LogP contribution in [0.1, 0.15) is 32.6 Å². The molecule has 9 nitrogen and oxygen atoms in total. The van der Waals surface area contributed by atoms with Crippen LogP contribution in [0, 0.1) is 0 Å². The van der Waals surface area contributed by atoms with Gasteiger partial charge in [-0.2, -0.15) is 4.98 Å². The summed E-state index contributed by atoms with van der Waals surface area (Å²) < 4.78 is 11.1. The maximum atomic E-state index is 10.5. The van der Waals surface area contributed by atoms with Crippen molar-refractivity contribution in [3.63, 3.8) is 0 Å². The number of aromatic nitrogens is 5. The first-order chi connectivity index (χ1) is 14.5. The molecule has 9 heteroatoms. The van der Waals surface area contributed by atoms with E-state index >= 15 is 0 Å². The minimum Gasteiger partial charge on any atom is -0.507 e. The molecule has 1 aromatic carbocycles. The molecule has 5 rings (SSSR count). The van der Waals surface area contributed by atoms with Gasteiger partial charge in [0.1, 0.15) is 11.9 Å². The largest absolute Gasteiger partial charge is 0.507 e. The lowest BCUT2D eigenvalue weighted by Gasteiger charge is -2.36. The van der Waals surface area contributed by atoms with Crippen LogP contribution in [-0.2, 0) is 0 Å². The third-order valence-corrected chi connectivity index (χ3v) is 5.94. The molecule has 3 N–H and O–H groups in total. The highest BCUT2D eigenvalue weighted by Gasteiger charge is 2.42. The fraction of sp³-hybridized carbons (Fsp3) is 0.429. The lowest BCUT2D eigenvalue weighted by molar-refractivity contribution is 0.103. The number of nitrogens with zero attached hydrogens (tertiary/aromatic N) is 4. The molecule has 4 heterocycles. The first-order valence-electron chi connectivity index (χ1n) is 10.1. The Labute approximate surface area is 173 Å². The van der Waals surface area contributed by atoms with Gasteiger partial charge in [-0.05, 0) is 44.4 Å². The van der Waals surface area contributed by atoms with Gasteiger partial charge < -0.3 is 19.9 Å². The number of nitrogens with one attached hydrogen (secondary N) is 2. The lowest BCUT2D eigenvalue weighted by atomic mass is 9.91. The average molecular weight is 408 g/mol. The van der Waals surface area contributed by atoms with E-state index in [0.29, 0.717) is 34.6 Å². The minimum absolute atomic E-state index is 0.0775. The number of hydrogen-bond acceptors (Lipinski definition) is 8. The molecular formula is C21H24N6O3. The quantitative estimate of drug-likeness (QED) is 0.590. The summed E-state index contributed by atoms with van der Waals surface area (Å²) in [5.41, 5.74) is 2.01. The molecule has 156 valence electrons. The molecular weight excluding hydrogens is 384 g/mol. The molecule has 30 heavy (non-hydrogen) atoms. The highest BCUT2D eigenvalue weighted by molar-refractivity contribution is 5.71. The van der Waals surface area contributed by atoms with Gasteiger partial charge in [0.05, 0.1) is 12.8 Å². The van der Waals surface area contributed by atoms with Gasteiger partial charge >= 0.3 is 6.01 Å². The number of piperidine rings is 1. The van der Waals surface area contributed by atoms with Crippen molar-refractivity contribution in [2.24, 2.45) is 0 Å². The summed E-state index contributed by atoms with van der Waals surface area (Å²) in [7, 11) is 1.50. The predicted octanol–water partition coefficient (Wildman–Crippen LogP) is 2.69. The van der Waals surface area contributed by atoms with Crippen LogP contribution < -0.4 is 14.8 Å². The van der Waals surface area contributed by atoms with Crippen molar-refractivity contribution in [3.8, 4) is 40.3 Å². The van der Waals surface area contributed by atoms with E-state index in [1.54, 1.807) is 12.1 Å². The van der Waals surface area contributed by atoms with E-state index in [1.807, 2.05) is 18.2 Å². The normalized spacial score (nSPS) is 25.3. The fourth-order valence-electron chi connectivity index (χ4n) is 4.52. The van der Waals surface area contributed by atoms with Crippen LogP contribution in [0.5, 0.6) is 17.6 Å². The van der Waals surface area contributed by atoms with E-state index in [2.05, 4.69) is 37.6 Å². The van der Waals surface area contributed by atoms with Crippen LogP contribution in [0.15, 0.2) is 30.3 Å². The first-order valence-corrected chi connectivity index (χ1v) is 10.1. The number of rotatable bonds is 5. The second-order valence-corrected chi connectivity index (χ2v) is 8.28. The van der Waals surface area contributed by atoms with Gasteiger partial charge in [-0.1, -0.05) is 6.07 Å². The van der Waals surface area contributed by atoms with Crippen LogP contribution in [0.2, 0.25) is 0 Å². The number of H-pyrrole nitrogens is 1. The predicted molar refractivity (Wildman–Crippen MR) is 109 cm³/mol. The van der Waals surface area contributed by atoms with Crippen molar-refractivity contribution in [2.45, 2.75) is 50.3 Å². The summed E-state index contributed by atoms with van der Waals surface area (Å²) in [5.74, 6) is 1.10. The monoisotopic (exact) mass is 408 g/mol.